The maximum Gasteiger partial charge on any atom is 0.119 e. The summed E-state index contributed by atoms with van der Waals surface area (Å²) in [6.07, 6.45) is -0.597. The van der Waals surface area contributed by atoms with Crippen LogP contribution in [0.15, 0.2) is 102 Å². The van der Waals surface area contributed by atoms with Gasteiger partial charge in [-0.05, 0) is 65.7 Å². The summed E-state index contributed by atoms with van der Waals surface area (Å²) in [4.78, 5) is 9.45. The maximum atomic E-state index is 10.7. The standard InChI is InChI=1S/C34H30BrCl2N3O2/c35-25-11-14-28-29(23-5-2-1-3-6-23)20-31(38-32(28)19-25)24-9-12-27(13-10-24)42-22-26(41)21-39-15-17-40(18-16-39)33-8-4-7-30(36)34(33)37/h1-14,19-20,26,41H,15-18,21-22H2. The van der Waals surface area contributed by atoms with Crippen LogP contribution in [0.4, 0.5) is 5.69 Å². The molecule has 0 aliphatic carbocycles. The lowest BCUT2D eigenvalue weighted by molar-refractivity contribution is 0.0663. The third-order valence-electron chi connectivity index (χ3n) is 7.56. The summed E-state index contributed by atoms with van der Waals surface area (Å²) in [6, 6.07) is 32.3. The molecule has 0 radical (unpaired) electrons. The molecule has 214 valence electrons. The number of aromatic nitrogens is 1. The van der Waals surface area contributed by atoms with E-state index in [-0.39, 0.29) is 6.61 Å². The first-order chi connectivity index (χ1) is 20.4. The van der Waals surface area contributed by atoms with Gasteiger partial charge in [0.25, 0.3) is 0 Å². The molecular weight excluding hydrogens is 633 g/mol. The Kier molecular flexibility index (Phi) is 8.98. The van der Waals surface area contributed by atoms with Crippen molar-refractivity contribution < 1.29 is 9.84 Å². The number of rotatable bonds is 8. The zero-order valence-electron chi connectivity index (χ0n) is 22.9. The number of hydrogen-bond acceptors (Lipinski definition) is 5. The Bertz CT molecular complexity index is 1680. The molecule has 42 heavy (non-hydrogen) atoms. The number of hydrogen-bond donors (Lipinski definition) is 1. The molecule has 1 N–H and O–H groups in total. The van der Waals surface area contributed by atoms with Crippen LogP contribution in [-0.4, -0.2) is 60.4 Å². The third-order valence-corrected chi connectivity index (χ3v) is 8.86. The largest absolute Gasteiger partial charge is 0.491 e. The molecule has 1 aromatic heterocycles. The van der Waals surface area contributed by atoms with Crippen LogP contribution in [0.1, 0.15) is 0 Å². The Morgan fingerprint density at radius 1 is 0.833 bits per heavy atom. The summed E-state index contributed by atoms with van der Waals surface area (Å²) >= 11 is 16.2. The average molecular weight is 663 g/mol. The molecule has 1 unspecified atom stereocenters. The molecule has 0 amide bonds. The number of aliphatic hydroxyl groups excluding tert-OH is 1. The number of piperazine rings is 1. The minimum Gasteiger partial charge on any atom is -0.491 e. The topological polar surface area (TPSA) is 48.8 Å². The fraction of sp³-hybridized carbons (Fsp3) is 0.206. The summed E-state index contributed by atoms with van der Waals surface area (Å²) in [5.74, 6) is 0.713. The molecule has 5 nitrogen and oxygen atoms in total. The Hall–Kier alpha value is -3.13. The van der Waals surface area contributed by atoms with Crippen LogP contribution in [0.25, 0.3) is 33.3 Å². The predicted molar refractivity (Wildman–Crippen MR) is 177 cm³/mol. The number of halogens is 3. The zero-order chi connectivity index (χ0) is 29.1. The minimum absolute atomic E-state index is 0.222. The first-order valence-corrected chi connectivity index (χ1v) is 15.5. The van der Waals surface area contributed by atoms with Gasteiger partial charge in [0.1, 0.15) is 18.5 Å². The minimum atomic E-state index is -0.597. The normalized spacial score (nSPS) is 14.7. The lowest BCUT2D eigenvalue weighted by Gasteiger charge is -2.37. The van der Waals surface area contributed by atoms with Gasteiger partial charge in [-0.1, -0.05) is 81.6 Å². The lowest BCUT2D eigenvalue weighted by atomic mass is 9.98. The Morgan fingerprint density at radius 2 is 1.60 bits per heavy atom. The quantitative estimate of drug-likeness (QED) is 0.182. The van der Waals surface area contributed by atoms with Gasteiger partial charge in [0.05, 0.1) is 26.9 Å². The van der Waals surface area contributed by atoms with Crippen LogP contribution in [-0.2, 0) is 0 Å². The highest BCUT2D eigenvalue weighted by atomic mass is 79.9. The van der Waals surface area contributed by atoms with Crippen LogP contribution >= 0.6 is 39.1 Å². The van der Waals surface area contributed by atoms with Crippen LogP contribution in [0.2, 0.25) is 10.0 Å². The van der Waals surface area contributed by atoms with Crippen molar-refractivity contribution in [3.05, 3.63) is 112 Å². The molecule has 0 spiro atoms. The number of fused-ring (bicyclic) bond motifs is 1. The summed E-state index contributed by atoms with van der Waals surface area (Å²) in [5.41, 5.74) is 6.07. The SMILES string of the molecule is OC(COc1ccc(-c2cc(-c3ccccc3)c3ccc(Br)cc3n2)cc1)CN1CCN(c2cccc(Cl)c2Cl)CC1. The van der Waals surface area contributed by atoms with E-state index < -0.39 is 6.10 Å². The number of pyridine rings is 1. The molecule has 1 atom stereocenters. The molecule has 1 saturated heterocycles. The summed E-state index contributed by atoms with van der Waals surface area (Å²) in [6.45, 7) is 4.07. The molecule has 8 heteroatoms. The monoisotopic (exact) mass is 661 g/mol. The smallest absolute Gasteiger partial charge is 0.119 e. The van der Waals surface area contributed by atoms with Crippen LogP contribution in [0.3, 0.4) is 0 Å². The fourth-order valence-corrected chi connectivity index (χ4v) is 6.14. The highest BCUT2D eigenvalue weighted by Gasteiger charge is 2.22. The van der Waals surface area contributed by atoms with E-state index in [2.05, 4.69) is 68.2 Å². The Labute approximate surface area is 264 Å². The van der Waals surface area contributed by atoms with Gasteiger partial charge in [0.2, 0.25) is 0 Å². The summed E-state index contributed by atoms with van der Waals surface area (Å²) < 4.78 is 6.95. The lowest BCUT2D eigenvalue weighted by Crippen LogP contribution is -2.49. The Morgan fingerprint density at radius 3 is 2.36 bits per heavy atom. The van der Waals surface area contributed by atoms with Crippen molar-refractivity contribution >= 4 is 55.7 Å². The van der Waals surface area contributed by atoms with E-state index in [1.165, 1.54) is 0 Å². The van der Waals surface area contributed by atoms with Gasteiger partial charge >= 0.3 is 0 Å². The van der Waals surface area contributed by atoms with E-state index >= 15 is 0 Å². The highest BCUT2D eigenvalue weighted by molar-refractivity contribution is 9.10. The highest BCUT2D eigenvalue weighted by Crippen LogP contribution is 2.34. The molecular formula is C34H30BrCl2N3O2. The molecule has 6 rings (SSSR count). The Balaban J connectivity index is 1.07. The number of nitrogens with zero attached hydrogens (tertiary/aromatic N) is 3. The van der Waals surface area contributed by atoms with Crippen molar-refractivity contribution in [1.29, 1.82) is 0 Å². The second-order valence-electron chi connectivity index (χ2n) is 10.4. The second kappa shape index (κ2) is 13.0. The average Bonchev–Trinajstić information content (AvgIpc) is 3.02. The van der Waals surface area contributed by atoms with Crippen LogP contribution in [0, 0.1) is 0 Å². The van der Waals surface area contributed by atoms with Gasteiger partial charge in [0.15, 0.2) is 0 Å². The molecule has 2 heterocycles. The molecule has 1 fully saturated rings. The molecule has 0 bridgehead atoms. The number of β-amino-alcohol motifs (C(OH)–C–C–N with tert-alkyl or cyclic N) is 1. The summed E-state index contributed by atoms with van der Waals surface area (Å²) in [5, 5.41) is 13.0. The number of aliphatic hydroxyl groups is 1. The molecule has 5 aromatic rings. The number of benzene rings is 4. The van der Waals surface area contributed by atoms with E-state index in [0.717, 1.165) is 69.6 Å². The summed E-state index contributed by atoms with van der Waals surface area (Å²) in [7, 11) is 0. The number of anilines is 1. The van der Waals surface area contributed by atoms with Gasteiger partial charge in [-0.15, -0.1) is 0 Å². The van der Waals surface area contributed by atoms with Crippen molar-refractivity contribution in [3.8, 4) is 28.1 Å². The van der Waals surface area contributed by atoms with E-state index in [0.29, 0.717) is 22.3 Å². The van der Waals surface area contributed by atoms with Gasteiger partial charge < -0.3 is 14.7 Å². The van der Waals surface area contributed by atoms with E-state index in [1.807, 2.05) is 48.5 Å². The van der Waals surface area contributed by atoms with Crippen molar-refractivity contribution in [1.82, 2.24) is 9.88 Å². The van der Waals surface area contributed by atoms with Crippen molar-refractivity contribution in [2.24, 2.45) is 0 Å². The van der Waals surface area contributed by atoms with E-state index in [1.54, 1.807) is 6.07 Å². The van der Waals surface area contributed by atoms with E-state index in [9.17, 15) is 5.11 Å². The van der Waals surface area contributed by atoms with Crippen molar-refractivity contribution in [2.45, 2.75) is 6.10 Å². The molecule has 1 aliphatic rings. The first-order valence-electron chi connectivity index (χ1n) is 13.9. The van der Waals surface area contributed by atoms with Crippen molar-refractivity contribution in [3.63, 3.8) is 0 Å². The third kappa shape index (κ3) is 6.59. The predicted octanol–water partition coefficient (Wildman–Crippen LogP) is 8.20. The van der Waals surface area contributed by atoms with Crippen molar-refractivity contribution in [2.75, 3.05) is 44.2 Å². The van der Waals surface area contributed by atoms with E-state index in [4.69, 9.17) is 32.9 Å². The zero-order valence-corrected chi connectivity index (χ0v) is 26.0. The van der Waals surface area contributed by atoms with Gasteiger partial charge in [-0.3, -0.25) is 4.90 Å². The molecule has 0 saturated carbocycles. The second-order valence-corrected chi connectivity index (χ2v) is 12.1. The first kappa shape index (κ1) is 29.0. The number of ether oxygens (including phenoxy) is 1. The fourth-order valence-electron chi connectivity index (χ4n) is 5.38. The molecule has 4 aromatic carbocycles. The van der Waals surface area contributed by atoms with Crippen LogP contribution < -0.4 is 9.64 Å². The van der Waals surface area contributed by atoms with Gasteiger partial charge in [-0.25, -0.2) is 4.98 Å². The maximum absolute atomic E-state index is 10.7. The molecule has 1 aliphatic heterocycles. The van der Waals surface area contributed by atoms with Gasteiger partial charge in [-0.2, -0.15) is 0 Å². The van der Waals surface area contributed by atoms with Crippen LogP contribution in [0.5, 0.6) is 5.75 Å². The van der Waals surface area contributed by atoms with Gasteiger partial charge in [0, 0.05) is 48.1 Å².